The molecule has 0 spiro atoms. The Labute approximate surface area is 120 Å². The number of para-hydroxylation sites is 1. The Morgan fingerprint density at radius 2 is 2.10 bits per heavy atom. The highest BCUT2D eigenvalue weighted by Crippen LogP contribution is 2.35. The largest absolute Gasteiger partial charge is 0.307 e. The van der Waals surface area contributed by atoms with Gasteiger partial charge in [-0.25, -0.2) is 0 Å². The molecule has 1 saturated carbocycles. The zero-order chi connectivity index (χ0) is 14.7. The zero-order valence-electron chi connectivity index (χ0n) is 12.5. The van der Waals surface area contributed by atoms with Crippen molar-refractivity contribution in [1.82, 2.24) is 5.32 Å². The molecular weight excluding hydrogens is 252 g/mol. The molecule has 1 aliphatic carbocycles. The van der Waals surface area contributed by atoms with Crippen LogP contribution in [0.4, 0.5) is 5.69 Å². The fraction of sp³-hybridized carbons (Fsp3) is 0.625. The van der Waals surface area contributed by atoms with Gasteiger partial charge in [0.1, 0.15) is 0 Å². The smallest absolute Gasteiger partial charge is 0.274 e. The lowest BCUT2D eigenvalue weighted by Gasteiger charge is -2.25. The maximum atomic E-state index is 11.1. The van der Waals surface area contributed by atoms with Crippen molar-refractivity contribution < 1.29 is 4.92 Å². The van der Waals surface area contributed by atoms with E-state index in [-0.39, 0.29) is 16.7 Å². The van der Waals surface area contributed by atoms with Crippen LogP contribution >= 0.6 is 0 Å². The Bertz CT molecular complexity index is 475. The first-order chi connectivity index (χ1) is 9.54. The second-order valence-electron chi connectivity index (χ2n) is 5.92. The van der Waals surface area contributed by atoms with E-state index in [0.29, 0.717) is 12.0 Å². The van der Waals surface area contributed by atoms with E-state index in [0.717, 1.165) is 11.5 Å². The van der Waals surface area contributed by atoms with E-state index >= 15 is 0 Å². The van der Waals surface area contributed by atoms with Crippen LogP contribution < -0.4 is 5.32 Å². The lowest BCUT2D eigenvalue weighted by Crippen LogP contribution is -2.34. The molecule has 0 aliphatic heterocycles. The first-order valence-electron chi connectivity index (χ1n) is 7.54. The molecule has 0 amide bonds. The summed E-state index contributed by atoms with van der Waals surface area (Å²) in [6.45, 7) is 6.56. The van der Waals surface area contributed by atoms with E-state index in [1.807, 2.05) is 19.1 Å². The predicted octanol–water partition coefficient (Wildman–Crippen LogP) is 4.07. The number of hydrogen-bond acceptors (Lipinski definition) is 3. The number of rotatable bonds is 5. The van der Waals surface area contributed by atoms with E-state index in [2.05, 4.69) is 19.2 Å². The maximum absolute atomic E-state index is 11.1. The van der Waals surface area contributed by atoms with Gasteiger partial charge in [-0.2, -0.15) is 0 Å². The lowest BCUT2D eigenvalue weighted by molar-refractivity contribution is -0.385. The molecule has 2 rings (SSSR count). The summed E-state index contributed by atoms with van der Waals surface area (Å²) in [7, 11) is 0. The number of nitrogens with zero attached hydrogens (tertiary/aromatic N) is 1. The van der Waals surface area contributed by atoms with Gasteiger partial charge in [-0.1, -0.05) is 38.5 Å². The Balaban J connectivity index is 2.09. The van der Waals surface area contributed by atoms with Gasteiger partial charge in [0, 0.05) is 23.7 Å². The Morgan fingerprint density at radius 1 is 1.40 bits per heavy atom. The summed E-state index contributed by atoms with van der Waals surface area (Å²) < 4.78 is 0. The molecular formula is C16H24N2O2. The summed E-state index contributed by atoms with van der Waals surface area (Å²) in [4.78, 5) is 10.8. The third-order valence-electron chi connectivity index (χ3n) is 4.82. The molecule has 0 radical (unpaired) electrons. The highest BCUT2D eigenvalue weighted by atomic mass is 16.6. The van der Waals surface area contributed by atoms with Crippen LogP contribution in [0.25, 0.3) is 0 Å². The van der Waals surface area contributed by atoms with Crippen molar-refractivity contribution in [2.45, 2.75) is 52.1 Å². The molecule has 0 saturated heterocycles. The van der Waals surface area contributed by atoms with Crippen LogP contribution in [0.5, 0.6) is 0 Å². The SMILES string of the molecule is CCC1CCC(NC(C)c2ccccc2[N+](=O)[O-])C1C. The van der Waals surface area contributed by atoms with Crippen LogP contribution in [0.2, 0.25) is 0 Å². The molecule has 1 N–H and O–H groups in total. The summed E-state index contributed by atoms with van der Waals surface area (Å²) in [5.41, 5.74) is 0.995. The Morgan fingerprint density at radius 3 is 2.70 bits per heavy atom. The molecule has 1 aromatic rings. The molecule has 0 heterocycles. The number of nitro benzene ring substituents is 1. The van der Waals surface area contributed by atoms with E-state index < -0.39 is 0 Å². The Hall–Kier alpha value is -1.42. The average Bonchev–Trinajstić information content (AvgIpc) is 2.79. The van der Waals surface area contributed by atoms with E-state index in [9.17, 15) is 10.1 Å². The number of hydrogen-bond donors (Lipinski definition) is 1. The van der Waals surface area contributed by atoms with E-state index in [1.54, 1.807) is 12.1 Å². The molecule has 1 aromatic carbocycles. The van der Waals surface area contributed by atoms with Crippen LogP contribution in [0.15, 0.2) is 24.3 Å². The topological polar surface area (TPSA) is 55.2 Å². The molecule has 0 bridgehead atoms. The van der Waals surface area contributed by atoms with E-state index in [1.165, 1.54) is 19.3 Å². The standard InChI is InChI=1S/C16H24N2O2/c1-4-13-9-10-15(11(13)2)17-12(3)14-7-5-6-8-16(14)18(19)20/h5-8,11-13,15,17H,4,9-10H2,1-3H3. The zero-order valence-corrected chi connectivity index (χ0v) is 12.5. The fourth-order valence-corrected chi connectivity index (χ4v) is 3.49. The van der Waals surface area contributed by atoms with Gasteiger partial charge in [-0.3, -0.25) is 10.1 Å². The van der Waals surface area contributed by atoms with Crippen molar-refractivity contribution in [2.24, 2.45) is 11.8 Å². The molecule has 0 aromatic heterocycles. The number of benzene rings is 1. The first-order valence-corrected chi connectivity index (χ1v) is 7.54. The molecule has 4 nitrogen and oxygen atoms in total. The summed E-state index contributed by atoms with van der Waals surface area (Å²) in [6.07, 6.45) is 3.66. The van der Waals surface area contributed by atoms with Crippen LogP contribution in [-0.2, 0) is 0 Å². The van der Waals surface area contributed by atoms with Crippen molar-refractivity contribution in [3.8, 4) is 0 Å². The summed E-state index contributed by atoms with van der Waals surface area (Å²) in [5, 5.41) is 14.7. The van der Waals surface area contributed by atoms with Gasteiger partial charge in [0.25, 0.3) is 5.69 Å². The molecule has 110 valence electrons. The number of nitro groups is 1. The average molecular weight is 276 g/mol. The van der Waals surface area contributed by atoms with Crippen LogP contribution in [-0.4, -0.2) is 11.0 Å². The normalized spacial score (nSPS) is 27.4. The van der Waals surface area contributed by atoms with Crippen molar-refractivity contribution in [1.29, 1.82) is 0 Å². The third kappa shape index (κ3) is 3.01. The van der Waals surface area contributed by atoms with E-state index in [4.69, 9.17) is 0 Å². The minimum Gasteiger partial charge on any atom is -0.307 e. The van der Waals surface area contributed by atoms with Gasteiger partial charge >= 0.3 is 0 Å². The molecule has 4 atom stereocenters. The van der Waals surface area contributed by atoms with Gasteiger partial charge < -0.3 is 5.32 Å². The molecule has 1 aliphatic rings. The quantitative estimate of drug-likeness (QED) is 0.651. The van der Waals surface area contributed by atoms with Gasteiger partial charge in [0.05, 0.1) is 4.92 Å². The molecule has 4 unspecified atom stereocenters. The highest BCUT2D eigenvalue weighted by molar-refractivity contribution is 5.41. The molecule has 4 heteroatoms. The van der Waals surface area contributed by atoms with Crippen molar-refractivity contribution >= 4 is 5.69 Å². The number of nitrogens with one attached hydrogen (secondary N) is 1. The Kier molecular flexibility index (Phi) is 4.76. The molecule has 20 heavy (non-hydrogen) atoms. The third-order valence-corrected chi connectivity index (χ3v) is 4.82. The lowest BCUT2D eigenvalue weighted by atomic mass is 9.93. The monoisotopic (exact) mass is 276 g/mol. The van der Waals surface area contributed by atoms with Crippen LogP contribution in [0.1, 0.15) is 51.6 Å². The van der Waals surface area contributed by atoms with Crippen molar-refractivity contribution in [3.63, 3.8) is 0 Å². The van der Waals surface area contributed by atoms with Crippen LogP contribution in [0, 0.1) is 22.0 Å². The van der Waals surface area contributed by atoms with Gasteiger partial charge in [-0.15, -0.1) is 0 Å². The van der Waals surface area contributed by atoms with Gasteiger partial charge in [0.15, 0.2) is 0 Å². The second-order valence-corrected chi connectivity index (χ2v) is 5.92. The van der Waals surface area contributed by atoms with Crippen molar-refractivity contribution in [3.05, 3.63) is 39.9 Å². The summed E-state index contributed by atoms with van der Waals surface area (Å²) in [6, 6.07) is 7.51. The minimum absolute atomic E-state index is 0.0136. The van der Waals surface area contributed by atoms with Gasteiger partial charge in [-0.05, 0) is 31.6 Å². The summed E-state index contributed by atoms with van der Waals surface area (Å²) in [5.74, 6) is 1.43. The predicted molar refractivity (Wildman–Crippen MR) is 80.6 cm³/mol. The first kappa shape index (κ1) is 15.0. The maximum Gasteiger partial charge on any atom is 0.274 e. The van der Waals surface area contributed by atoms with Crippen LogP contribution in [0.3, 0.4) is 0 Å². The fourth-order valence-electron chi connectivity index (χ4n) is 3.49. The molecule has 1 fully saturated rings. The highest BCUT2D eigenvalue weighted by Gasteiger charge is 2.33. The summed E-state index contributed by atoms with van der Waals surface area (Å²) >= 11 is 0. The second kappa shape index (κ2) is 6.35. The van der Waals surface area contributed by atoms with Crippen molar-refractivity contribution in [2.75, 3.05) is 0 Å². The minimum atomic E-state index is -0.291. The van der Waals surface area contributed by atoms with Gasteiger partial charge in [0.2, 0.25) is 0 Å².